The van der Waals surface area contributed by atoms with Crippen molar-refractivity contribution in [2.45, 2.75) is 13.0 Å². The SMILES string of the molecule is Cl.O=C(Nc1ccc2c(c1)CNCC2)c1cccc(F)c1Cl. The minimum absolute atomic E-state index is 0. The lowest BCUT2D eigenvalue weighted by atomic mass is 10.0. The molecule has 6 heteroatoms. The van der Waals surface area contributed by atoms with Gasteiger partial charge in [0, 0.05) is 12.2 Å². The second-order valence-corrected chi connectivity index (χ2v) is 5.34. The van der Waals surface area contributed by atoms with E-state index in [0.29, 0.717) is 5.69 Å². The van der Waals surface area contributed by atoms with Crippen molar-refractivity contribution in [1.82, 2.24) is 5.32 Å². The molecule has 2 aromatic rings. The molecule has 2 aromatic carbocycles. The van der Waals surface area contributed by atoms with Crippen molar-refractivity contribution in [1.29, 1.82) is 0 Å². The monoisotopic (exact) mass is 340 g/mol. The number of hydrogen-bond donors (Lipinski definition) is 2. The number of hydrogen-bond acceptors (Lipinski definition) is 2. The Bertz CT molecular complexity index is 707. The first-order chi connectivity index (χ1) is 10.1. The summed E-state index contributed by atoms with van der Waals surface area (Å²) in [6.07, 6.45) is 0.985. The van der Waals surface area contributed by atoms with Gasteiger partial charge in [0.25, 0.3) is 5.91 Å². The first-order valence-corrected chi connectivity index (χ1v) is 7.11. The summed E-state index contributed by atoms with van der Waals surface area (Å²) in [6, 6.07) is 10.00. The van der Waals surface area contributed by atoms with Crippen LogP contribution in [0, 0.1) is 5.82 Å². The van der Waals surface area contributed by atoms with Gasteiger partial charge in [-0.05, 0) is 48.4 Å². The predicted octanol–water partition coefficient (Wildman–Crippen LogP) is 3.80. The zero-order valence-electron chi connectivity index (χ0n) is 11.7. The molecule has 3 rings (SSSR count). The van der Waals surface area contributed by atoms with Crippen LogP contribution in [0.2, 0.25) is 5.02 Å². The Balaban J connectivity index is 0.00000176. The molecule has 0 aliphatic carbocycles. The Kier molecular flexibility index (Phi) is 5.40. The highest BCUT2D eigenvalue weighted by molar-refractivity contribution is 6.34. The first-order valence-electron chi connectivity index (χ1n) is 6.73. The van der Waals surface area contributed by atoms with Crippen LogP contribution >= 0.6 is 24.0 Å². The molecule has 22 heavy (non-hydrogen) atoms. The molecular weight excluding hydrogens is 326 g/mol. The van der Waals surface area contributed by atoms with Gasteiger partial charge in [0.1, 0.15) is 5.82 Å². The third-order valence-electron chi connectivity index (χ3n) is 3.55. The van der Waals surface area contributed by atoms with Gasteiger partial charge in [0.15, 0.2) is 0 Å². The van der Waals surface area contributed by atoms with E-state index in [1.165, 1.54) is 29.3 Å². The number of amides is 1. The predicted molar refractivity (Wildman–Crippen MR) is 88.5 cm³/mol. The fourth-order valence-electron chi connectivity index (χ4n) is 2.44. The Hall–Kier alpha value is -1.62. The molecule has 2 N–H and O–H groups in total. The van der Waals surface area contributed by atoms with Crippen LogP contribution in [-0.4, -0.2) is 12.5 Å². The van der Waals surface area contributed by atoms with Gasteiger partial charge in [-0.2, -0.15) is 0 Å². The average molecular weight is 341 g/mol. The molecule has 116 valence electrons. The van der Waals surface area contributed by atoms with Gasteiger partial charge < -0.3 is 10.6 Å². The van der Waals surface area contributed by atoms with Crippen LogP contribution < -0.4 is 10.6 Å². The number of carbonyl (C=O) groups excluding carboxylic acids is 1. The van der Waals surface area contributed by atoms with E-state index in [2.05, 4.69) is 10.6 Å². The third-order valence-corrected chi connectivity index (χ3v) is 3.93. The van der Waals surface area contributed by atoms with Crippen LogP contribution in [0.5, 0.6) is 0 Å². The summed E-state index contributed by atoms with van der Waals surface area (Å²) in [5.74, 6) is -1.01. The van der Waals surface area contributed by atoms with E-state index >= 15 is 0 Å². The summed E-state index contributed by atoms with van der Waals surface area (Å²) in [6.45, 7) is 1.76. The lowest BCUT2D eigenvalue weighted by Gasteiger charge is -2.18. The molecule has 1 amide bonds. The second kappa shape index (κ2) is 7.09. The number of halogens is 3. The van der Waals surface area contributed by atoms with Crippen LogP contribution in [0.25, 0.3) is 0 Å². The zero-order valence-corrected chi connectivity index (χ0v) is 13.2. The molecule has 0 bridgehead atoms. The molecular formula is C16H15Cl2FN2O. The molecule has 0 saturated carbocycles. The van der Waals surface area contributed by atoms with Crippen LogP contribution in [0.1, 0.15) is 21.5 Å². The third kappa shape index (κ3) is 3.40. The lowest BCUT2D eigenvalue weighted by molar-refractivity contribution is 0.102. The molecule has 0 fully saturated rings. The summed E-state index contributed by atoms with van der Waals surface area (Å²) < 4.78 is 13.4. The van der Waals surface area contributed by atoms with Crippen molar-refractivity contribution in [2.24, 2.45) is 0 Å². The van der Waals surface area contributed by atoms with Crippen LogP contribution in [0.3, 0.4) is 0 Å². The Morgan fingerprint density at radius 1 is 1.23 bits per heavy atom. The van der Waals surface area contributed by atoms with Crippen LogP contribution in [0.15, 0.2) is 36.4 Å². The van der Waals surface area contributed by atoms with E-state index < -0.39 is 11.7 Å². The van der Waals surface area contributed by atoms with E-state index in [1.807, 2.05) is 18.2 Å². The molecule has 3 nitrogen and oxygen atoms in total. The normalized spacial score (nSPS) is 13.0. The van der Waals surface area contributed by atoms with Gasteiger partial charge >= 0.3 is 0 Å². The van der Waals surface area contributed by atoms with Crippen LogP contribution in [-0.2, 0) is 13.0 Å². The molecule has 0 spiro atoms. The Labute approximate surface area is 139 Å². The van der Waals surface area contributed by atoms with Gasteiger partial charge in [-0.25, -0.2) is 4.39 Å². The maximum atomic E-state index is 13.4. The molecule has 0 unspecified atom stereocenters. The highest BCUT2D eigenvalue weighted by Gasteiger charge is 2.15. The van der Waals surface area contributed by atoms with Crippen molar-refractivity contribution in [3.8, 4) is 0 Å². The van der Waals surface area contributed by atoms with E-state index in [1.54, 1.807) is 0 Å². The number of anilines is 1. The smallest absolute Gasteiger partial charge is 0.257 e. The summed E-state index contributed by atoms with van der Waals surface area (Å²) in [5, 5.41) is 5.89. The zero-order chi connectivity index (χ0) is 14.8. The van der Waals surface area contributed by atoms with Crippen molar-refractivity contribution in [2.75, 3.05) is 11.9 Å². The van der Waals surface area contributed by atoms with Crippen LogP contribution in [0.4, 0.5) is 10.1 Å². The first kappa shape index (κ1) is 16.7. The quantitative estimate of drug-likeness (QED) is 0.872. The summed E-state index contributed by atoms with van der Waals surface area (Å²) in [7, 11) is 0. The summed E-state index contributed by atoms with van der Waals surface area (Å²) in [4.78, 5) is 12.2. The Morgan fingerprint density at radius 3 is 2.86 bits per heavy atom. The fourth-order valence-corrected chi connectivity index (χ4v) is 2.65. The number of nitrogens with one attached hydrogen (secondary N) is 2. The highest BCUT2D eigenvalue weighted by Crippen LogP contribution is 2.23. The Morgan fingerprint density at radius 2 is 2.05 bits per heavy atom. The van der Waals surface area contributed by atoms with Crippen molar-refractivity contribution in [3.05, 3.63) is 63.9 Å². The molecule has 0 saturated heterocycles. The molecule has 0 aromatic heterocycles. The largest absolute Gasteiger partial charge is 0.322 e. The number of fused-ring (bicyclic) bond motifs is 1. The lowest BCUT2D eigenvalue weighted by Crippen LogP contribution is -2.23. The minimum atomic E-state index is -0.598. The maximum absolute atomic E-state index is 13.4. The topological polar surface area (TPSA) is 41.1 Å². The van der Waals surface area contributed by atoms with Gasteiger partial charge in [0.2, 0.25) is 0 Å². The van der Waals surface area contributed by atoms with Gasteiger partial charge in [-0.1, -0.05) is 23.7 Å². The number of carbonyl (C=O) groups is 1. The van der Waals surface area contributed by atoms with E-state index in [-0.39, 0.29) is 23.0 Å². The molecule has 1 heterocycles. The second-order valence-electron chi connectivity index (χ2n) is 4.97. The number of benzene rings is 2. The van der Waals surface area contributed by atoms with E-state index in [9.17, 15) is 9.18 Å². The highest BCUT2D eigenvalue weighted by atomic mass is 35.5. The van der Waals surface area contributed by atoms with Gasteiger partial charge in [0.05, 0.1) is 10.6 Å². The number of rotatable bonds is 2. The molecule has 1 aliphatic heterocycles. The van der Waals surface area contributed by atoms with Crippen molar-refractivity contribution < 1.29 is 9.18 Å². The van der Waals surface area contributed by atoms with Gasteiger partial charge in [-0.3, -0.25) is 4.79 Å². The van der Waals surface area contributed by atoms with Crippen molar-refractivity contribution >= 4 is 35.6 Å². The maximum Gasteiger partial charge on any atom is 0.257 e. The fraction of sp³-hybridized carbons (Fsp3) is 0.188. The molecule has 0 radical (unpaired) electrons. The van der Waals surface area contributed by atoms with E-state index in [4.69, 9.17) is 11.6 Å². The minimum Gasteiger partial charge on any atom is -0.322 e. The summed E-state index contributed by atoms with van der Waals surface area (Å²) in [5.41, 5.74) is 3.27. The average Bonchev–Trinajstić information content (AvgIpc) is 2.50. The standard InChI is InChI=1S/C16H14ClFN2O.ClH/c17-15-13(2-1-3-14(15)18)16(21)20-12-5-4-10-6-7-19-9-11(10)8-12;/h1-5,8,19H,6-7,9H2,(H,20,21);1H. The van der Waals surface area contributed by atoms with Crippen molar-refractivity contribution in [3.63, 3.8) is 0 Å². The summed E-state index contributed by atoms with van der Waals surface area (Å²) >= 11 is 5.82. The molecule has 0 atom stereocenters. The van der Waals surface area contributed by atoms with E-state index in [0.717, 1.165) is 19.5 Å². The van der Waals surface area contributed by atoms with Gasteiger partial charge in [-0.15, -0.1) is 12.4 Å². The molecule has 1 aliphatic rings.